The molecule has 1 heterocycles. The van der Waals surface area contributed by atoms with Crippen LogP contribution in [0.25, 0.3) is 0 Å². The van der Waals surface area contributed by atoms with Gasteiger partial charge in [-0.05, 0) is 34.7 Å². The van der Waals surface area contributed by atoms with Gasteiger partial charge in [-0.1, -0.05) is 50.2 Å². The fourth-order valence-electron chi connectivity index (χ4n) is 3.67. The van der Waals surface area contributed by atoms with E-state index in [1.54, 1.807) is 29.2 Å². The van der Waals surface area contributed by atoms with Gasteiger partial charge in [0.2, 0.25) is 11.8 Å². The van der Waals surface area contributed by atoms with Crippen LogP contribution >= 0.6 is 0 Å². The summed E-state index contributed by atoms with van der Waals surface area (Å²) >= 11 is 0. The van der Waals surface area contributed by atoms with E-state index in [-0.39, 0.29) is 17.7 Å². The van der Waals surface area contributed by atoms with Crippen LogP contribution in [-0.2, 0) is 33.8 Å². The number of nitrogens with one attached hydrogen (secondary N) is 1. The van der Waals surface area contributed by atoms with Crippen LogP contribution < -0.4 is 5.32 Å². The molecule has 158 valence electrons. The molecule has 30 heavy (non-hydrogen) atoms. The van der Waals surface area contributed by atoms with Gasteiger partial charge in [0.1, 0.15) is 6.04 Å². The molecule has 0 aliphatic carbocycles. The molecule has 2 aromatic rings. The smallest absolute Gasteiger partial charge is 0.337 e. The van der Waals surface area contributed by atoms with Gasteiger partial charge in [0.15, 0.2) is 0 Å². The van der Waals surface area contributed by atoms with Crippen LogP contribution in [0.4, 0.5) is 0 Å². The minimum absolute atomic E-state index is 0.00193. The minimum atomic E-state index is -0.527. The summed E-state index contributed by atoms with van der Waals surface area (Å²) in [6.07, 6.45) is 0.925. The van der Waals surface area contributed by atoms with Crippen molar-refractivity contribution in [2.75, 3.05) is 7.11 Å². The van der Waals surface area contributed by atoms with Crippen LogP contribution in [0.1, 0.15) is 47.3 Å². The molecule has 0 saturated heterocycles. The van der Waals surface area contributed by atoms with Gasteiger partial charge in [0, 0.05) is 25.9 Å². The van der Waals surface area contributed by atoms with E-state index in [4.69, 9.17) is 4.74 Å². The predicted octanol–water partition coefficient (Wildman–Crippen LogP) is 3.09. The molecule has 0 aromatic heterocycles. The van der Waals surface area contributed by atoms with Crippen LogP contribution in [-0.4, -0.2) is 35.8 Å². The third-order valence-electron chi connectivity index (χ3n) is 5.30. The van der Waals surface area contributed by atoms with Gasteiger partial charge in [-0.15, -0.1) is 0 Å². The Hall–Kier alpha value is -3.15. The number of hydrogen-bond acceptors (Lipinski definition) is 4. The Morgan fingerprint density at radius 3 is 2.37 bits per heavy atom. The summed E-state index contributed by atoms with van der Waals surface area (Å²) in [6, 6.07) is 14.3. The summed E-state index contributed by atoms with van der Waals surface area (Å²) in [7, 11) is 1.34. The summed E-state index contributed by atoms with van der Waals surface area (Å²) in [5.74, 6) is -0.335. The zero-order valence-corrected chi connectivity index (χ0v) is 17.7. The van der Waals surface area contributed by atoms with Crippen molar-refractivity contribution in [2.45, 2.75) is 45.8 Å². The molecule has 3 rings (SSSR count). The summed E-state index contributed by atoms with van der Waals surface area (Å²) in [5, 5.41) is 2.95. The predicted molar refractivity (Wildman–Crippen MR) is 114 cm³/mol. The molecule has 2 aromatic carbocycles. The maximum Gasteiger partial charge on any atom is 0.337 e. The highest BCUT2D eigenvalue weighted by molar-refractivity contribution is 5.89. The van der Waals surface area contributed by atoms with Crippen molar-refractivity contribution in [3.63, 3.8) is 0 Å². The first-order chi connectivity index (χ1) is 14.4. The lowest BCUT2D eigenvalue weighted by Crippen LogP contribution is -2.52. The van der Waals surface area contributed by atoms with Crippen LogP contribution in [0, 0.1) is 5.92 Å². The van der Waals surface area contributed by atoms with Crippen molar-refractivity contribution in [1.82, 2.24) is 10.2 Å². The number of rotatable bonds is 6. The molecule has 0 saturated carbocycles. The first-order valence-corrected chi connectivity index (χ1v) is 10.2. The van der Waals surface area contributed by atoms with E-state index >= 15 is 0 Å². The van der Waals surface area contributed by atoms with Crippen molar-refractivity contribution in [1.29, 1.82) is 0 Å². The molecule has 1 atom stereocenters. The molecule has 0 bridgehead atoms. The van der Waals surface area contributed by atoms with Crippen molar-refractivity contribution < 1.29 is 19.1 Å². The van der Waals surface area contributed by atoms with Crippen molar-refractivity contribution >= 4 is 17.8 Å². The van der Waals surface area contributed by atoms with E-state index in [0.29, 0.717) is 31.5 Å². The highest BCUT2D eigenvalue weighted by Crippen LogP contribution is 2.25. The van der Waals surface area contributed by atoms with Gasteiger partial charge in [0.05, 0.1) is 12.7 Å². The Morgan fingerprint density at radius 1 is 1.07 bits per heavy atom. The highest BCUT2D eigenvalue weighted by Gasteiger charge is 2.34. The molecule has 6 nitrogen and oxygen atoms in total. The van der Waals surface area contributed by atoms with Crippen molar-refractivity contribution in [3.05, 3.63) is 70.8 Å². The van der Waals surface area contributed by atoms with Crippen LogP contribution in [0.3, 0.4) is 0 Å². The normalized spacial score (nSPS) is 15.5. The van der Waals surface area contributed by atoms with E-state index in [2.05, 4.69) is 5.32 Å². The lowest BCUT2D eigenvalue weighted by atomic mass is 9.92. The zero-order valence-electron chi connectivity index (χ0n) is 17.7. The van der Waals surface area contributed by atoms with Gasteiger partial charge < -0.3 is 15.0 Å². The summed E-state index contributed by atoms with van der Waals surface area (Å²) in [5.41, 5.74) is 3.53. The molecule has 1 aliphatic heterocycles. The number of hydrogen-bond donors (Lipinski definition) is 1. The van der Waals surface area contributed by atoms with E-state index in [1.165, 1.54) is 7.11 Å². The molecule has 1 N–H and O–H groups in total. The Bertz CT molecular complexity index is 921. The number of methoxy groups -OCH3 is 1. The van der Waals surface area contributed by atoms with E-state index in [9.17, 15) is 14.4 Å². The van der Waals surface area contributed by atoms with Gasteiger partial charge in [0.25, 0.3) is 0 Å². The Morgan fingerprint density at radius 2 is 1.73 bits per heavy atom. The van der Waals surface area contributed by atoms with Crippen molar-refractivity contribution in [3.8, 4) is 0 Å². The highest BCUT2D eigenvalue weighted by atomic mass is 16.5. The average molecular weight is 408 g/mol. The lowest BCUT2D eigenvalue weighted by Gasteiger charge is -2.36. The molecular weight excluding hydrogens is 380 g/mol. The van der Waals surface area contributed by atoms with Gasteiger partial charge in [-0.2, -0.15) is 0 Å². The summed E-state index contributed by atoms with van der Waals surface area (Å²) < 4.78 is 4.70. The molecule has 0 fully saturated rings. The number of esters is 1. The van der Waals surface area contributed by atoms with E-state index < -0.39 is 12.0 Å². The number of fused-ring (bicyclic) bond motifs is 1. The molecular formula is C24H28N2O4. The average Bonchev–Trinajstić information content (AvgIpc) is 2.75. The minimum Gasteiger partial charge on any atom is -0.465 e. The zero-order chi connectivity index (χ0) is 21.7. The molecule has 1 aliphatic rings. The van der Waals surface area contributed by atoms with Crippen LogP contribution in [0.5, 0.6) is 0 Å². The first kappa shape index (κ1) is 21.6. The summed E-state index contributed by atoms with van der Waals surface area (Å²) in [6.45, 7) is 4.78. The van der Waals surface area contributed by atoms with Gasteiger partial charge >= 0.3 is 5.97 Å². The number of ether oxygens (including phenoxy) is 1. The number of nitrogens with zero attached hydrogens (tertiary/aromatic N) is 1. The van der Waals surface area contributed by atoms with Crippen molar-refractivity contribution in [2.24, 2.45) is 5.92 Å². The molecule has 6 heteroatoms. The van der Waals surface area contributed by atoms with E-state index in [0.717, 1.165) is 16.7 Å². The standard InChI is InChI=1S/C24H28N2O4/c1-16(2)12-22(27)26-15-20-7-5-4-6-19(20)13-21(26)23(28)25-14-17-8-10-18(11-9-17)24(29)30-3/h4-11,16,21H,12-15H2,1-3H3,(H,25,28). The fraction of sp³-hybridized carbons (Fsp3) is 0.375. The lowest BCUT2D eigenvalue weighted by molar-refractivity contribution is -0.142. The number of carbonyl (C=O) groups excluding carboxylic acids is 3. The molecule has 0 spiro atoms. The Labute approximate surface area is 177 Å². The van der Waals surface area contributed by atoms with Crippen LogP contribution in [0.2, 0.25) is 0 Å². The second-order valence-electron chi connectivity index (χ2n) is 8.01. The van der Waals surface area contributed by atoms with Gasteiger partial charge in [-0.25, -0.2) is 4.79 Å². The second kappa shape index (κ2) is 9.57. The van der Waals surface area contributed by atoms with Gasteiger partial charge in [-0.3, -0.25) is 9.59 Å². The second-order valence-corrected chi connectivity index (χ2v) is 8.01. The topological polar surface area (TPSA) is 75.7 Å². The monoisotopic (exact) mass is 408 g/mol. The van der Waals surface area contributed by atoms with E-state index in [1.807, 2.05) is 38.1 Å². The maximum absolute atomic E-state index is 13.0. The largest absolute Gasteiger partial charge is 0.465 e. The number of amides is 2. The number of benzene rings is 2. The third-order valence-corrected chi connectivity index (χ3v) is 5.30. The molecule has 0 radical (unpaired) electrons. The van der Waals surface area contributed by atoms with Crippen LogP contribution in [0.15, 0.2) is 48.5 Å². The molecule has 2 amide bonds. The number of carbonyl (C=O) groups is 3. The third kappa shape index (κ3) is 5.06. The molecule has 1 unspecified atom stereocenters. The SMILES string of the molecule is COC(=O)c1ccc(CNC(=O)C2Cc3ccccc3CN2C(=O)CC(C)C)cc1. The fourth-order valence-corrected chi connectivity index (χ4v) is 3.67. The Balaban J connectivity index is 1.71. The Kier molecular flexibility index (Phi) is 6.87. The maximum atomic E-state index is 13.0. The quantitative estimate of drug-likeness (QED) is 0.746. The first-order valence-electron chi connectivity index (χ1n) is 10.2. The summed E-state index contributed by atoms with van der Waals surface area (Å²) in [4.78, 5) is 39.1.